The molecule has 1 aromatic rings. The van der Waals surface area contributed by atoms with Crippen LogP contribution in [0.25, 0.3) is 0 Å². The fourth-order valence-corrected chi connectivity index (χ4v) is 0.982. The molecule has 0 saturated heterocycles. The second-order valence-electron chi connectivity index (χ2n) is 2.19. The minimum absolute atomic E-state index is 0.752. The van der Waals surface area contributed by atoms with Crippen LogP contribution in [0.1, 0.15) is 5.82 Å². The standard InChI is InChI=1S/C5H9N5/c1-5-8-3-9-10(5)4-7-2-6-1/h3,6-7H,1-2,4H2. The number of rotatable bonds is 0. The van der Waals surface area contributed by atoms with E-state index in [1.165, 1.54) is 0 Å². The summed E-state index contributed by atoms with van der Waals surface area (Å²) < 4.78 is 1.85. The fourth-order valence-electron chi connectivity index (χ4n) is 0.982. The number of aromatic nitrogens is 3. The van der Waals surface area contributed by atoms with Crippen molar-refractivity contribution in [3.05, 3.63) is 12.2 Å². The van der Waals surface area contributed by atoms with Gasteiger partial charge in [-0.3, -0.25) is 10.6 Å². The first-order valence-electron chi connectivity index (χ1n) is 3.25. The molecule has 2 rings (SSSR count). The second kappa shape index (κ2) is 2.36. The Hall–Kier alpha value is -0.940. The number of nitrogens with one attached hydrogen (secondary N) is 2. The van der Waals surface area contributed by atoms with Gasteiger partial charge in [-0.05, 0) is 0 Å². The van der Waals surface area contributed by atoms with E-state index in [2.05, 4.69) is 20.7 Å². The lowest BCUT2D eigenvalue weighted by molar-refractivity contribution is 0.518. The zero-order chi connectivity index (χ0) is 6.81. The van der Waals surface area contributed by atoms with Crippen molar-refractivity contribution in [2.24, 2.45) is 0 Å². The summed E-state index contributed by atoms with van der Waals surface area (Å²) in [4.78, 5) is 4.07. The number of hydrogen-bond acceptors (Lipinski definition) is 4. The average molecular weight is 139 g/mol. The Kier molecular flexibility index (Phi) is 1.37. The molecular formula is C5H9N5. The minimum Gasteiger partial charge on any atom is -0.297 e. The first-order chi connectivity index (χ1) is 4.97. The van der Waals surface area contributed by atoms with Crippen LogP contribution in [-0.2, 0) is 13.2 Å². The van der Waals surface area contributed by atoms with E-state index >= 15 is 0 Å². The summed E-state index contributed by atoms with van der Waals surface area (Å²) >= 11 is 0. The van der Waals surface area contributed by atoms with Crippen LogP contribution in [-0.4, -0.2) is 21.4 Å². The van der Waals surface area contributed by atoms with Crippen molar-refractivity contribution in [2.75, 3.05) is 6.67 Å². The predicted molar refractivity (Wildman–Crippen MR) is 34.9 cm³/mol. The molecule has 0 amide bonds. The van der Waals surface area contributed by atoms with Gasteiger partial charge in [0.1, 0.15) is 12.2 Å². The topological polar surface area (TPSA) is 54.8 Å². The number of fused-ring (bicyclic) bond motifs is 1. The van der Waals surface area contributed by atoms with Crippen LogP contribution < -0.4 is 10.6 Å². The highest BCUT2D eigenvalue weighted by Gasteiger charge is 2.05. The van der Waals surface area contributed by atoms with Gasteiger partial charge < -0.3 is 0 Å². The van der Waals surface area contributed by atoms with Gasteiger partial charge in [0.15, 0.2) is 0 Å². The van der Waals surface area contributed by atoms with Crippen LogP contribution in [0.4, 0.5) is 0 Å². The fraction of sp³-hybridized carbons (Fsp3) is 0.600. The minimum atomic E-state index is 0.752. The molecule has 0 unspecified atom stereocenters. The van der Waals surface area contributed by atoms with E-state index in [1.54, 1.807) is 6.33 Å². The lowest BCUT2D eigenvalue weighted by Gasteiger charge is -1.97. The van der Waals surface area contributed by atoms with Crippen molar-refractivity contribution in [1.82, 2.24) is 25.4 Å². The molecule has 5 heteroatoms. The van der Waals surface area contributed by atoms with Crippen LogP contribution in [0.5, 0.6) is 0 Å². The van der Waals surface area contributed by atoms with Gasteiger partial charge >= 0.3 is 0 Å². The maximum Gasteiger partial charge on any atom is 0.142 e. The summed E-state index contributed by atoms with van der Waals surface area (Å²) in [6, 6.07) is 0. The molecule has 0 atom stereocenters. The van der Waals surface area contributed by atoms with Gasteiger partial charge in [-0.15, -0.1) is 0 Å². The zero-order valence-corrected chi connectivity index (χ0v) is 5.54. The molecule has 0 bridgehead atoms. The molecule has 54 valence electrons. The van der Waals surface area contributed by atoms with Crippen LogP contribution in [0.2, 0.25) is 0 Å². The molecule has 1 aliphatic rings. The van der Waals surface area contributed by atoms with E-state index in [0.29, 0.717) is 0 Å². The van der Waals surface area contributed by atoms with Crippen LogP contribution >= 0.6 is 0 Å². The van der Waals surface area contributed by atoms with Gasteiger partial charge in [-0.1, -0.05) is 0 Å². The average Bonchev–Trinajstić information content (AvgIpc) is 2.28. The van der Waals surface area contributed by atoms with E-state index in [0.717, 1.165) is 25.7 Å². The Labute approximate surface area is 58.4 Å². The van der Waals surface area contributed by atoms with E-state index < -0.39 is 0 Å². The van der Waals surface area contributed by atoms with Gasteiger partial charge in [0.2, 0.25) is 0 Å². The van der Waals surface area contributed by atoms with Crippen molar-refractivity contribution < 1.29 is 0 Å². The maximum atomic E-state index is 4.07. The molecule has 1 aromatic heterocycles. The molecule has 2 heterocycles. The first-order valence-corrected chi connectivity index (χ1v) is 3.25. The lowest BCUT2D eigenvalue weighted by Crippen LogP contribution is -2.25. The summed E-state index contributed by atoms with van der Waals surface area (Å²) in [5, 5.41) is 10.3. The largest absolute Gasteiger partial charge is 0.297 e. The maximum absolute atomic E-state index is 4.07. The number of hydrogen-bond donors (Lipinski definition) is 2. The molecule has 0 saturated carbocycles. The first kappa shape index (κ1) is 5.82. The van der Waals surface area contributed by atoms with Crippen molar-refractivity contribution in [2.45, 2.75) is 13.2 Å². The summed E-state index contributed by atoms with van der Waals surface area (Å²) in [5.74, 6) is 0.991. The smallest absolute Gasteiger partial charge is 0.142 e. The Balaban J connectivity index is 2.28. The predicted octanol–water partition coefficient (Wildman–Crippen LogP) is -1.11. The molecule has 10 heavy (non-hydrogen) atoms. The van der Waals surface area contributed by atoms with Gasteiger partial charge in [-0.25, -0.2) is 9.67 Å². The molecule has 0 radical (unpaired) electrons. The molecule has 0 fully saturated rings. The Morgan fingerprint density at radius 1 is 1.50 bits per heavy atom. The third-order valence-corrected chi connectivity index (χ3v) is 1.49. The Morgan fingerprint density at radius 2 is 2.50 bits per heavy atom. The molecule has 2 N–H and O–H groups in total. The Bertz CT molecular complexity index is 197. The molecule has 1 aliphatic heterocycles. The van der Waals surface area contributed by atoms with Crippen LogP contribution in [0, 0.1) is 0 Å². The highest BCUT2D eigenvalue weighted by Crippen LogP contribution is 1.93. The van der Waals surface area contributed by atoms with Gasteiger partial charge in [0, 0.05) is 6.67 Å². The summed E-state index contributed by atoms with van der Waals surface area (Å²) in [7, 11) is 0. The SMILES string of the molecule is c1nc2n(n1)CNCNC2. The lowest BCUT2D eigenvalue weighted by atomic mass is 10.6. The monoisotopic (exact) mass is 139 g/mol. The number of nitrogens with zero attached hydrogens (tertiary/aromatic N) is 3. The highest BCUT2D eigenvalue weighted by atomic mass is 15.4. The van der Waals surface area contributed by atoms with Crippen molar-refractivity contribution in [3.8, 4) is 0 Å². The molecule has 0 aromatic carbocycles. The van der Waals surface area contributed by atoms with Gasteiger partial charge in [0.25, 0.3) is 0 Å². The zero-order valence-electron chi connectivity index (χ0n) is 5.54. The second-order valence-corrected chi connectivity index (χ2v) is 2.19. The van der Waals surface area contributed by atoms with Gasteiger partial charge in [0.05, 0.1) is 13.2 Å². The molecule has 0 spiro atoms. The van der Waals surface area contributed by atoms with Crippen molar-refractivity contribution in [1.29, 1.82) is 0 Å². The van der Waals surface area contributed by atoms with Crippen LogP contribution in [0.15, 0.2) is 6.33 Å². The van der Waals surface area contributed by atoms with Gasteiger partial charge in [-0.2, -0.15) is 5.10 Å². The summed E-state index contributed by atoms with van der Waals surface area (Å²) in [6.45, 7) is 2.38. The van der Waals surface area contributed by atoms with E-state index in [4.69, 9.17) is 0 Å². The normalized spacial score (nSPS) is 18.0. The third kappa shape index (κ3) is 0.891. The quantitative estimate of drug-likeness (QED) is 0.478. The molecule has 0 aliphatic carbocycles. The van der Waals surface area contributed by atoms with E-state index in [-0.39, 0.29) is 0 Å². The highest BCUT2D eigenvalue weighted by molar-refractivity contribution is 4.84. The summed E-state index contributed by atoms with van der Waals surface area (Å²) in [5.41, 5.74) is 0. The van der Waals surface area contributed by atoms with E-state index in [1.807, 2.05) is 4.68 Å². The molecular weight excluding hydrogens is 130 g/mol. The van der Waals surface area contributed by atoms with Crippen molar-refractivity contribution >= 4 is 0 Å². The third-order valence-electron chi connectivity index (χ3n) is 1.49. The Morgan fingerprint density at radius 3 is 3.50 bits per heavy atom. The van der Waals surface area contributed by atoms with Crippen LogP contribution in [0.3, 0.4) is 0 Å². The van der Waals surface area contributed by atoms with Crippen molar-refractivity contribution in [3.63, 3.8) is 0 Å². The summed E-state index contributed by atoms with van der Waals surface area (Å²) in [6.07, 6.45) is 1.57. The molecule has 5 nitrogen and oxygen atoms in total. The van der Waals surface area contributed by atoms with E-state index in [9.17, 15) is 0 Å².